The van der Waals surface area contributed by atoms with E-state index >= 15 is 0 Å². The molecule has 0 saturated heterocycles. The van der Waals surface area contributed by atoms with E-state index in [4.69, 9.17) is 0 Å². The van der Waals surface area contributed by atoms with E-state index in [2.05, 4.69) is 23.0 Å². The molecule has 0 unspecified atom stereocenters. The largest absolute Gasteiger partial charge is 0.360 e. The SMILES string of the molecule is CCc1ccnc(-c2ccc[nH]2)c1. The lowest BCUT2D eigenvalue weighted by Crippen LogP contribution is -1.86. The predicted octanol–water partition coefficient (Wildman–Crippen LogP) is 2.64. The molecule has 2 nitrogen and oxygen atoms in total. The zero-order valence-corrected chi connectivity index (χ0v) is 7.62. The van der Waals surface area contributed by atoms with Crippen LogP contribution in [0.2, 0.25) is 0 Å². The first-order valence-corrected chi connectivity index (χ1v) is 4.49. The number of pyridine rings is 1. The molecule has 0 bridgehead atoms. The molecule has 0 fully saturated rings. The molecular formula is C11H12N2. The molecule has 0 radical (unpaired) electrons. The maximum absolute atomic E-state index is 4.30. The third-order valence-corrected chi connectivity index (χ3v) is 2.11. The fourth-order valence-corrected chi connectivity index (χ4v) is 1.33. The van der Waals surface area contributed by atoms with Crippen LogP contribution in [0.1, 0.15) is 12.5 Å². The van der Waals surface area contributed by atoms with Gasteiger partial charge in [0.15, 0.2) is 0 Å². The van der Waals surface area contributed by atoms with E-state index in [0.29, 0.717) is 0 Å². The van der Waals surface area contributed by atoms with Crippen molar-refractivity contribution in [1.82, 2.24) is 9.97 Å². The van der Waals surface area contributed by atoms with Crippen LogP contribution >= 0.6 is 0 Å². The molecule has 2 heterocycles. The Balaban J connectivity index is 2.41. The summed E-state index contributed by atoms with van der Waals surface area (Å²) >= 11 is 0. The quantitative estimate of drug-likeness (QED) is 0.741. The molecule has 2 aromatic heterocycles. The van der Waals surface area contributed by atoms with Gasteiger partial charge >= 0.3 is 0 Å². The number of aryl methyl sites for hydroxylation is 1. The summed E-state index contributed by atoms with van der Waals surface area (Å²) in [5.74, 6) is 0. The number of aromatic nitrogens is 2. The summed E-state index contributed by atoms with van der Waals surface area (Å²) in [6.45, 7) is 2.15. The van der Waals surface area contributed by atoms with E-state index in [1.807, 2.05) is 30.6 Å². The van der Waals surface area contributed by atoms with Crippen molar-refractivity contribution in [3.63, 3.8) is 0 Å². The van der Waals surface area contributed by atoms with Crippen LogP contribution in [0, 0.1) is 0 Å². The molecule has 2 heteroatoms. The molecule has 0 amide bonds. The van der Waals surface area contributed by atoms with Gasteiger partial charge in [-0.2, -0.15) is 0 Å². The number of aromatic amines is 1. The van der Waals surface area contributed by atoms with E-state index < -0.39 is 0 Å². The Morgan fingerprint density at radius 1 is 1.38 bits per heavy atom. The van der Waals surface area contributed by atoms with Gasteiger partial charge in [-0.25, -0.2) is 0 Å². The zero-order valence-electron chi connectivity index (χ0n) is 7.62. The van der Waals surface area contributed by atoms with Crippen LogP contribution in [0.15, 0.2) is 36.7 Å². The number of rotatable bonds is 2. The van der Waals surface area contributed by atoms with Gasteiger partial charge in [-0.1, -0.05) is 6.92 Å². The number of H-pyrrole nitrogens is 1. The van der Waals surface area contributed by atoms with Gasteiger partial charge in [0, 0.05) is 12.4 Å². The fourth-order valence-electron chi connectivity index (χ4n) is 1.33. The van der Waals surface area contributed by atoms with Gasteiger partial charge in [0.25, 0.3) is 0 Å². The number of hydrogen-bond acceptors (Lipinski definition) is 1. The van der Waals surface area contributed by atoms with E-state index in [-0.39, 0.29) is 0 Å². The van der Waals surface area contributed by atoms with E-state index in [0.717, 1.165) is 17.8 Å². The second-order valence-corrected chi connectivity index (χ2v) is 2.99. The first-order valence-electron chi connectivity index (χ1n) is 4.49. The van der Waals surface area contributed by atoms with Gasteiger partial charge in [-0.15, -0.1) is 0 Å². The van der Waals surface area contributed by atoms with Gasteiger partial charge in [0.2, 0.25) is 0 Å². The first kappa shape index (κ1) is 8.05. The summed E-state index contributed by atoms with van der Waals surface area (Å²) in [4.78, 5) is 7.44. The minimum absolute atomic E-state index is 1.02. The molecule has 2 aromatic rings. The number of nitrogens with one attached hydrogen (secondary N) is 1. The van der Waals surface area contributed by atoms with Crippen molar-refractivity contribution in [3.05, 3.63) is 42.2 Å². The molecule has 0 aliphatic carbocycles. The molecule has 0 aromatic carbocycles. The van der Waals surface area contributed by atoms with Gasteiger partial charge < -0.3 is 4.98 Å². The van der Waals surface area contributed by atoms with Crippen molar-refractivity contribution in [2.75, 3.05) is 0 Å². The zero-order chi connectivity index (χ0) is 9.10. The molecule has 1 N–H and O–H groups in total. The lowest BCUT2D eigenvalue weighted by Gasteiger charge is -1.99. The Hall–Kier alpha value is -1.57. The van der Waals surface area contributed by atoms with Crippen LogP contribution < -0.4 is 0 Å². The van der Waals surface area contributed by atoms with Crippen LogP contribution in [0.5, 0.6) is 0 Å². The smallest absolute Gasteiger partial charge is 0.0867 e. The molecule has 2 rings (SSSR count). The predicted molar refractivity (Wildman–Crippen MR) is 53.4 cm³/mol. The minimum Gasteiger partial charge on any atom is -0.360 e. The summed E-state index contributed by atoms with van der Waals surface area (Å²) in [5, 5.41) is 0. The molecule has 66 valence electrons. The maximum atomic E-state index is 4.30. The summed E-state index contributed by atoms with van der Waals surface area (Å²) in [6.07, 6.45) is 4.82. The molecule has 0 aliphatic heterocycles. The van der Waals surface area contributed by atoms with Gasteiger partial charge in [0.05, 0.1) is 11.4 Å². The fraction of sp³-hybridized carbons (Fsp3) is 0.182. The van der Waals surface area contributed by atoms with Crippen molar-refractivity contribution < 1.29 is 0 Å². The van der Waals surface area contributed by atoms with Gasteiger partial charge in [-0.05, 0) is 36.2 Å². The normalized spacial score (nSPS) is 10.2. The molecule has 0 saturated carbocycles. The molecule has 0 spiro atoms. The lowest BCUT2D eigenvalue weighted by molar-refractivity contribution is 1.12. The van der Waals surface area contributed by atoms with Crippen LogP contribution in [-0.2, 0) is 6.42 Å². The highest BCUT2D eigenvalue weighted by Gasteiger charge is 1.99. The van der Waals surface area contributed by atoms with Crippen LogP contribution in [0.3, 0.4) is 0 Å². The third-order valence-electron chi connectivity index (χ3n) is 2.11. The molecule has 13 heavy (non-hydrogen) atoms. The summed E-state index contributed by atoms with van der Waals surface area (Å²) in [5.41, 5.74) is 3.42. The maximum Gasteiger partial charge on any atom is 0.0867 e. The summed E-state index contributed by atoms with van der Waals surface area (Å²) in [6, 6.07) is 8.18. The highest BCUT2D eigenvalue weighted by Crippen LogP contribution is 2.15. The summed E-state index contributed by atoms with van der Waals surface area (Å²) < 4.78 is 0. The lowest BCUT2D eigenvalue weighted by atomic mass is 10.1. The van der Waals surface area contributed by atoms with Crippen LogP contribution in [-0.4, -0.2) is 9.97 Å². The van der Waals surface area contributed by atoms with Crippen LogP contribution in [0.4, 0.5) is 0 Å². The number of nitrogens with zero attached hydrogens (tertiary/aromatic N) is 1. The minimum atomic E-state index is 1.02. The van der Waals surface area contributed by atoms with Gasteiger partial charge in [0.1, 0.15) is 0 Å². The topological polar surface area (TPSA) is 28.7 Å². The Morgan fingerprint density at radius 2 is 2.31 bits per heavy atom. The molecule has 0 atom stereocenters. The standard InChI is InChI=1S/C11H12N2/c1-2-9-5-7-13-11(8-9)10-4-3-6-12-10/h3-8,12H,2H2,1H3. The molecule has 0 aliphatic rings. The average Bonchev–Trinajstić information content (AvgIpc) is 2.71. The van der Waals surface area contributed by atoms with E-state index in [1.165, 1.54) is 5.56 Å². The van der Waals surface area contributed by atoms with E-state index in [9.17, 15) is 0 Å². The Morgan fingerprint density at radius 3 is 3.00 bits per heavy atom. The Kier molecular flexibility index (Phi) is 2.13. The van der Waals surface area contributed by atoms with Crippen molar-refractivity contribution in [1.29, 1.82) is 0 Å². The first-order chi connectivity index (χ1) is 6.40. The van der Waals surface area contributed by atoms with Crippen molar-refractivity contribution in [2.24, 2.45) is 0 Å². The van der Waals surface area contributed by atoms with E-state index in [1.54, 1.807) is 0 Å². The van der Waals surface area contributed by atoms with Crippen molar-refractivity contribution in [2.45, 2.75) is 13.3 Å². The second-order valence-electron chi connectivity index (χ2n) is 2.99. The summed E-state index contributed by atoms with van der Waals surface area (Å²) in [7, 11) is 0. The Bertz CT molecular complexity index is 377. The third kappa shape index (κ3) is 1.61. The average molecular weight is 172 g/mol. The monoisotopic (exact) mass is 172 g/mol. The van der Waals surface area contributed by atoms with Crippen molar-refractivity contribution in [3.8, 4) is 11.4 Å². The second kappa shape index (κ2) is 3.44. The highest BCUT2D eigenvalue weighted by molar-refractivity contribution is 5.54. The number of hydrogen-bond donors (Lipinski definition) is 1. The van der Waals surface area contributed by atoms with Crippen molar-refractivity contribution >= 4 is 0 Å². The Labute approximate surface area is 77.6 Å². The molecular weight excluding hydrogens is 160 g/mol. The highest BCUT2D eigenvalue weighted by atomic mass is 14.8. The van der Waals surface area contributed by atoms with Gasteiger partial charge in [-0.3, -0.25) is 4.98 Å². The van der Waals surface area contributed by atoms with Crippen LogP contribution in [0.25, 0.3) is 11.4 Å².